The molecule has 2 aromatic rings. The molecule has 0 radical (unpaired) electrons. The fourth-order valence-corrected chi connectivity index (χ4v) is 3.22. The van der Waals surface area contributed by atoms with E-state index < -0.39 is 5.54 Å². The van der Waals surface area contributed by atoms with Crippen molar-refractivity contribution in [1.82, 2.24) is 30.9 Å². The second kappa shape index (κ2) is 9.23. The Balaban J connectivity index is 0.00000300. The van der Waals surface area contributed by atoms with Crippen molar-refractivity contribution in [2.45, 2.75) is 37.9 Å². The summed E-state index contributed by atoms with van der Waals surface area (Å²) < 4.78 is 6.93. The number of aromatic nitrogens is 3. The van der Waals surface area contributed by atoms with E-state index in [1.54, 1.807) is 43.1 Å². The first-order valence-electron chi connectivity index (χ1n) is 9.18. The molecule has 3 rings (SSSR count). The zero-order chi connectivity index (χ0) is 20.3. The Morgan fingerprint density at radius 3 is 2.79 bits per heavy atom. The summed E-state index contributed by atoms with van der Waals surface area (Å²) in [6.07, 6.45) is 2.46. The first-order valence-corrected chi connectivity index (χ1v) is 9.18. The maximum Gasteiger partial charge on any atom is 0.252 e. The molecule has 2 amide bonds. The van der Waals surface area contributed by atoms with Crippen LogP contribution >= 0.6 is 12.4 Å². The minimum atomic E-state index is -0.718. The third-order valence-corrected chi connectivity index (χ3v) is 4.95. The smallest absolute Gasteiger partial charge is 0.252 e. The first kappa shape index (κ1) is 22.6. The molecule has 158 valence electrons. The lowest BCUT2D eigenvalue weighted by molar-refractivity contribution is -0.122. The summed E-state index contributed by atoms with van der Waals surface area (Å²) >= 11 is 0. The fraction of sp³-hybridized carbons (Fsp3) is 0.474. The number of halogens is 1. The average molecular weight is 423 g/mol. The summed E-state index contributed by atoms with van der Waals surface area (Å²) in [6.45, 7) is 4.39. The van der Waals surface area contributed by atoms with Gasteiger partial charge in [-0.3, -0.25) is 9.59 Å². The van der Waals surface area contributed by atoms with Gasteiger partial charge in [0.2, 0.25) is 5.91 Å². The molecular weight excluding hydrogens is 396 g/mol. The van der Waals surface area contributed by atoms with E-state index >= 15 is 0 Å². The maximum absolute atomic E-state index is 12.6. The number of rotatable bonds is 6. The molecule has 1 saturated heterocycles. The van der Waals surface area contributed by atoms with Crippen molar-refractivity contribution in [3.8, 4) is 5.75 Å². The van der Waals surface area contributed by atoms with Crippen molar-refractivity contribution < 1.29 is 14.3 Å². The topological polar surface area (TPSA) is 110 Å². The van der Waals surface area contributed by atoms with Gasteiger partial charge in [-0.05, 0) is 38.5 Å². The molecular formula is C19H27ClN6O3. The van der Waals surface area contributed by atoms with Gasteiger partial charge in [-0.1, -0.05) is 11.3 Å². The molecule has 29 heavy (non-hydrogen) atoms. The summed E-state index contributed by atoms with van der Waals surface area (Å²) in [5.41, 5.74) is 0.435. The van der Waals surface area contributed by atoms with E-state index in [0.29, 0.717) is 30.0 Å². The van der Waals surface area contributed by atoms with Gasteiger partial charge in [0.25, 0.3) is 5.91 Å². The Labute approximate surface area is 176 Å². The highest BCUT2D eigenvalue weighted by Crippen LogP contribution is 2.23. The lowest BCUT2D eigenvalue weighted by Crippen LogP contribution is -2.41. The molecule has 0 aliphatic carbocycles. The molecule has 1 aromatic heterocycles. The van der Waals surface area contributed by atoms with E-state index in [0.717, 1.165) is 0 Å². The Bertz CT molecular complexity index is 869. The lowest BCUT2D eigenvalue weighted by atomic mass is 10.0. The van der Waals surface area contributed by atoms with Crippen LogP contribution in [0.3, 0.4) is 0 Å². The van der Waals surface area contributed by atoms with E-state index in [1.807, 2.05) is 20.0 Å². The standard InChI is InChI=1S/C19H26N6O3.ClH/c1-19(2,22-17(26)12-6-5-7-14(8-12)28-4)16-11-25(24-23-16)13-9-15(21-10-13)18(27)20-3;/h5-8,11,13,15,21H,9-10H2,1-4H3,(H,20,27)(H,22,26);1H/t13-,15-;/m0./s1. The molecule has 1 aliphatic rings. The van der Waals surface area contributed by atoms with Gasteiger partial charge >= 0.3 is 0 Å². The Kier molecular flexibility index (Phi) is 7.21. The number of hydrogen-bond acceptors (Lipinski definition) is 6. The Morgan fingerprint density at radius 1 is 1.34 bits per heavy atom. The highest BCUT2D eigenvalue weighted by molar-refractivity contribution is 5.95. The van der Waals surface area contributed by atoms with Gasteiger partial charge in [0, 0.05) is 19.2 Å². The number of hydrogen-bond donors (Lipinski definition) is 3. The van der Waals surface area contributed by atoms with Crippen molar-refractivity contribution in [3.63, 3.8) is 0 Å². The molecule has 10 heteroatoms. The summed E-state index contributed by atoms with van der Waals surface area (Å²) in [6, 6.07) is 6.78. The number of ether oxygens (including phenoxy) is 1. The van der Waals surface area contributed by atoms with Crippen LogP contribution in [0.1, 0.15) is 42.4 Å². The summed E-state index contributed by atoms with van der Waals surface area (Å²) in [4.78, 5) is 24.4. The highest BCUT2D eigenvalue weighted by atomic mass is 35.5. The minimum absolute atomic E-state index is 0. The van der Waals surface area contributed by atoms with Crippen molar-refractivity contribution in [3.05, 3.63) is 41.7 Å². The van der Waals surface area contributed by atoms with Crippen molar-refractivity contribution in [2.24, 2.45) is 0 Å². The average Bonchev–Trinajstić information content (AvgIpc) is 3.36. The molecule has 9 nitrogen and oxygen atoms in total. The van der Waals surface area contributed by atoms with Gasteiger partial charge < -0.3 is 20.7 Å². The molecule has 2 heterocycles. The molecule has 0 spiro atoms. The second-order valence-electron chi connectivity index (χ2n) is 7.36. The first-order chi connectivity index (χ1) is 13.3. The van der Waals surface area contributed by atoms with Crippen LogP contribution in [0.4, 0.5) is 0 Å². The predicted octanol–water partition coefficient (Wildman–Crippen LogP) is 1.02. The van der Waals surface area contributed by atoms with E-state index in [-0.39, 0.29) is 36.3 Å². The van der Waals surface area contributed by atoms with E-state index in [4.69, 9.17) is 4.74 Å². The highest BCUT2D eigenvalue weighted by Gasteiger charge is 2.32. The second-order valence-corrected chi connectivity index (χ2v) is 7.36. The minimum Gasteiger partial charge on any atom is -0.497 e. The number of carbonyl (C=O) groups excluding carboxylic acids is 2. The number of benzene rings is 1. The molecule has 1 aromatic carbocycles. The maximum atomic E-state index is 12.6. The quantitative estimate of drug-likeness (QED) is 0.641. The predicted molar refractivity (Wildman–Crippen MR) is 110 cm³/mol. The Hall–Kier alpha value is -2.65. The van der Waals surface area contributed by atoms with Crippen molar-refractivity contribution >= 4 is 24.2 Å². The third kappa shape index (κ3) is 5.04. The zero-order valence-electron chi connectivity index (χ0n) is 16.9. The number of amides is 2. The van der Waals surface area contributed by atoms with Crippen LogP contribution in [-0.4, -0.2) is 53.6 Å². The van der Waals surface area contributed by atoms with Crippen LogP contribution in [0.25, 0.3) is 0 Å². The van der Waals surface area contributed by atoms with E-state index in [2.05, 4.69) is 26.3 Å². The summed E-state index contributed by atoms with van der Waals surface area (Å²) in [5.74, 6) is 0.366. The van der Waals surface area contributed by atoms with Gasteiger partial charge in [0.1, 0.15) is 11.4 Å². The number of carbonyl (C=O) groups is 2. The molecule has 1 aliphatic heterocycles. The zero-order valence-corrected chi connectivity index (χ0v) is 17.7. The van der Waals surface area contributed by atoms with Gasteiger partial charge in [-0.15, -0.1) is 17.5 Å². The molecule has 2 atom stereocenters. The molecule has 3 N–H and O–H groups in total. The summed E-state index contributed by atoms with van der Waals surface area (Å²) in [7, 11) is 3.18. The van der Waals surface area contributed by atoms with E-state index in [9.17, 15) is 9.59 Å². The summed E-state index contributed by atoms with van der Waals surface area (Å²) in [5, 5.41) is 17.3. The van der Waals surface area contributed by atoms with Crippen LogP contribution in [0.2, 0.25) is 0 Å². The van der Waals surface area contributed by atoms with Crippen LogP contribution in [-0.2, 0) is 10.3 Å². The number of likely N-dealkylation sites (N-methyl/N-ethyl adjacent to an activating group) is 1. The van der Waals surface area contributed by atoms with Crippen molar-refractivity contribution in [1.29, 1.82) is 0 Å². The van der Waals surface area contributed by atoms with Gasteiger partial charge in [-0.2, -0.15) is 0 Å². The van der Waals surface area contributed by atoms with Crippen LogP contribution in [0, 0.1) is 0 Å². The van der Waals surface area contributed by atoms with Crippen LogP contribution < -0.4 is 20.7 Å². The molecule has 0 saturated carbocycles. The normalized spacial score (nSPS) is 18.6. The fourth-order valence-electron chi connectivity index (χ4n) is 3.22. The molecule has 0 unspecified atom stereocenters. The van der Waals surface area contributed by atoms with Crippen LogP contribution in [0.5, 0.6) is 5.75 Å². The van der Waals surface area contributed by atoms with Crippen molar-refractivity contribution in [2.75, 3.05) is 20.7 Å². The molecule has 1 fully saturated rings. The Morgan fingerprint density at radius 2 is 2.10 bits per heavy atom. The SMILES string of the molecule is CNC(=O)[C@@H]1C[C@H](n2cc(C(C)(C)NC(=O)c3cccc(OC)c3)nn2)CN1.Cl. The van der Waals surface area contributed by atoms with Crippen LogP contribution in [0.15, 0.2) is 30.5 Å². The monoisotopic (exact) mass is 422 g/mol. The molecule has 0 bridgehead atoms. The third-order valence-electron chi connectivity index (χ3n) is 4.95. The van der Waals surface area contributed by atoms with E-state index in [1.165, 1.54) is 0 Å². The number of nitrogens with one attached hydrogen (secondary N) is 3. The van der Waals surface area contributed by atoms with Gasteiger partial charge in [0.15, 0.2) is 0 Å². The number of nitrogens with zero attached hydrogens (tertiary/aromatic N) is 3. The number of methoxy groups -OCH3 is 1. The largest absolute Gasteiger partial charge is 0.497 e. The van der Waals surface area contributed by atoms with Gasteiger partial charge in [0.05, 0.1) is 30.9 Å². The van der Waals surface area contributed by atoms with Gasteiger partial charge in [-0.25, -0.2) is 4.68 Å². The lowest BCUT2D eigenvalue weighted by Gasteiger charge is -2.24.